The molecule has 4 heteroatoms. The van der Waals surface area contributed by atoms with E-state index in [2.05, 4.69) is 55.4 Å². The number of esters is 2. The lowest BCUT2D eigenvalue weighted by Crippen LogP contribution is -2.30. The van der Waals surface area contributed by atoms with E-state index in [0.717, 1.165) is 49.9 Å². The number of ether oxygens (including phenoxy) is 2. The quantitative estimate of drug-likeness (QED) is 0.130. The molecule has 0 unspecified atom stereocenters. The predicted octanol–water partition coefficient (Wildman–Crippen LogP) is 9.84. The average molecular weight is 535 g/mol. The first-order chi connectivity index (χ1) is 17.9. The fraction of sp³-hybridized carbons (Fsp3) is 0.882. The van der Waals surface area contributed by atoms with E-state index in [0.29, 0.717) is 17.9 Å². The Hall–Kier alpha value is -1.32. The van der Waals surface area contributed by atoms with Crippen LogP contribution in [0.3, 0.4) is 0 Å². The summed E-state index contributed by atoms with van der Waals surface area (Å²) in [5.74, 6) is 2.55. The van der Waals surface area contributed by atoms with Crippen molar-refractivity contribution in [3.63, 3.8) is 0 Å². The van der Waals surface area contributed by atoms with E-state index >= 15 is 0 Å². The molecule has 0 amide bonds. The van der Waals surface area contributed by atoms with Gasteiger partial charge in [0.2, 0.25) is 0 Å². The third kappa shape index (κ3) is 17.3. The minimum Gasteiger partial charge on any atom is -0.462 e. The molecule has 0 aromatic carbocycles. The standard InChI is InChI=1S/C34H62O4/c1-26(2)12-9-13-27(3)14-10-15-28(4)16-11-17-29(5)24-25-37-32(35)22-23-33(36)38-31-20-18-30(19-21-31)34(6,7)8/h24,26-28,30-31H,9-23,25H2,1-8H3/b29-24+/t27-,28-,30-,31-/m1/s1. The van der Waals surface area contributed by atoms with Gasteiger partial charge in [-0.3, -0.25) is 9.59 Å². The molecule has 0 aliphatic heterocycles. The van der Waals surface area contributed by atoms with Crippen molar-refractivity contribution in [3.8, 4) is 0 Å². The third-order valence-corrected chi connectivity index (χ3v) is 8.55. The Morgan fingerprint density at radius 1 is 0.763 bits per heavy atom. The van der Waals surface area contributed by atoms with Crippen LogP contribution in [0.15, 0.2) is 11.6 Å². The minimum absolute atomic E-state index is 0.00791. The van der Waals surface area contributed by atoms with Crippen LogP contribution in [0.1, 0.15) is 152 Å². The van der Waals surface area contributed by atoms with Crippen LogP contribution in [0.5, 0.6) is 0 Å². The molecular formula is C34H62O4. The SMILES string of the molecule is C/C(=C\COC(=O)CCC(=O)O[C@H]1CC[C@H](C(C)(C)C)CC1)CCC[C@H](C)CCC[C@H](C)CCCC(C)C. The van der Waals surface area contributed by atoms with Crippen molar-refractivity contribution in [2.75, 3.05) is 6.61 Å². The average Bonchev–Trinajstić information content (AvgIpc) is 2.82. The molecule has 4 nitrogen and oxygen atoms in total. The predicted molar refractivity (Wildman–Crippen MR) is 160 cm³/mol. The van der Waals surface area contributed by atoms with Crippen molar-refractivity contribution < 1.29 is 19.1 Å². The first-order valence-electron chi connectivity index (χ1n) is 15.9. The van der Waals surface area contributed by atoms with Gasteiger partial charge in [0.05, 0.1) is 12.8 Å². The van der Waals surface area contributed by atoms with Crippen LogP contribution in [-0.2, 0) is 19.1 Å². The van der Waals surface area contributed by atoms with E-state index < -0.39 is 0 Å². The topological polar surface area (TPSA) is 52.6 Å². The van der Waals surface area contributed by atoms with E-state index in [9.17, 15) is 9.59 Å². The molecule has 38 heavy (non-hydrogen) atoms. The van der Waals surface area contributed by atoms with Crippen molar-refractivity contribution >= 4 is 11.9 Å². The van der Waals surface area contributed by atoms with E-state index in [4.69, 9.17) is 9.47 Å². The van der Waals surface area contributed by atoms with E-state index in [-0.39, 0.29) is 30.9 Å². The van der Waals surface area contributed by atoms with Gasteiger partial charge < -0.3 is 9.47 Å². The fourth-order valence-corrected chi connectivity index (χ4v) is 5.65. The van der Waals surface area contributed by atoms with Crippen molar-refractivity contribution in [2.45, 2.75) is 158 Å². The van der Waals surface area contributed by atoms with Crippen LogP contribution < -0.4 is 0 Å². The molecule has 2 atom stereocenters. The number of hydrogen-bond acceptors (Lipinski definition) is 4. The monoisotopic (exact) mass is 534 g/mol. The smallest absolute Gasteiger partial charge is 0.306 e. The summed E-state index contributed by atoms with van der Waals surface area (Å²) in [6.07, 6.45) is 17.9. The van der Waals surface area contributed by atoms with Crippen LogP contribution >= 0.6 is 0 Å². The van der Waals surface area contributed by atoms with Crippen LogP contribution in [0.2, 0.25) is 0 Å². The summed E-state index contributed by atoms with van der Waals surface area (Å²) in [6, 6.07) is 0. The first-order valence-corrected chi connectivity index (χ1v) is 15.9. The van der Waals surface area contributed by atoms with Gasteiger partial charge in [-0.15, -0.1) is 0 Å². The van der Waals surface area contributed by atoms with Gasteiger partial charge in [0.1, 0.15) is 12.7 Å². The number of hydrogen-bond donors (Lipinski definition) is 0. The number of carbonyl (C=O) groups is 2. The largest absolute Gasteiger partial charge is 0.462 e. The lowest BCUT2D eigenvalue weighted by atomic mass is 9.72. The summed E-state index contributed by atoms with van der Waals surface area (Å²) in [7, 11) is 0. The van der Waals surface area contributed by atoms with Crippen LogP contribution in [0, 0.1) is 29.1 Å². The van der Waals surface area contributed by atoms with Gasteiger partial charge in [0.25, 0.3) is 0 Å². The lowest BCUT2D eigenvalue weighted by molar-refractivity contribution is -0.155. The number of carbonyl (C=O) groups excluding carboxylic acids is 2. The minimum atomic E-state index is -0.325. The van der Waals surface area contributed by atoms with Crippen LogP contribution in [-0.4, -0.2) is 24.6 Å². The number of allylic oxidation sites excluding steroid dienone is 1. The highest BCUT2D eigenvalue weighted by molar-refractivity contribution is 5.77. The Balaban J connectivity index is 2.08. The molecule has 0 saturated heterocycles. The van der Waals surface area contributed by atoms with E-state index in [1.165, 1.54) is 56.9 Å². The van der Waals surface area contributed by atoms with E-state index in [1.54, 1.807) is 0 Å². The van der Waals surface area contributed by atoms with Gasteiger partial charge in [-0.2, -0.15) is 0 Å². The zero-order valence-electron chi connectivity index (χ0n) is 26.4. The Morgan fingerprint density at radius 2 is 1.29 bits per heavy atom. The van der Waals surface area contributed by atoms with Crippen LogP contribution in [0.4, 0.5) is 0 Å². The third-order valence-electron chi connectivity index (χ3n) is 8.55. The first kappa shape index (κ1) is 34.7. The molecule has 1 aliphatic carbocycles. The molecule has 0 aromatic rings. The van der Waals surface area contributed by atoms with Crippen molar-refractivity contribution in [1.29, 1.82) is 0 Å². The zero-order valence-corrected chi connectivity index (χ0v) is 26.4. The highest BCUT2D eigenvalue weighted by Gasteiger charge is 2.31. The van der Waals surface area contributed by atoms with Gasteiger partial charge in [-0.05, 0) is 80.6 Å². The Kier molecular flexibility index (Phi) is 17.2. The fourth-order valence-electron chi connectivity index (χ4n) is 5.65. The molecule has 1 saturated carbocycles. The normalized spacial score (nSPS) is 20.3. The highest BCUT2D eigenvalue weighted by atomic mass is 16.5. The molecule has 0 N–H and O–H groups in total. The summed E-state index contributed by atoms with van der Waals surface area (Å²) in [5, 5.41) is 0. The van der Waals surface area contributed by atoms with Crippen molar-refractivity contribution in [3.05, 3.63) is 11.6 Å². The molecule has 1 fully saturated rings. The summed E-state index contributed by atoms with van der Waals surface area (Å²) < 4.78 is 10.9. The molecule has 0 heterocycles. The molecule has 0 aromatic heterocycles. The second kappa shape index (κ2) is 18.9. The van der Waals surface area contributed by atoms with Crippen LogP contribution in [0.25, 0.3) is 0 Å². The van der Waals surface area contributed by atoms with Gasteiger partial charge in [-0.1, -0.05) is 99.0 Å². The lowest BCUT2D eigenvalue weighted by Gasteiger charge is -2.36. The maximum Gasteiger partial charge on any atom is 0.306 e. The summed E-state index contributed by atoms with van der Waals surface area (Å²) in [6.45, 7) is 18.7. The van der Waals surface area contributed by atoms with E-state index in [1.807, 2.05) is 6.08 Å². The second-order valence-electron chi connectivity index (χ2n) is 13.9. The Bertz CT molecular complexity index is 679. The molecule has 0 bridgehead atoms. The molecule has 0 radical (unpaired) electrons. The second-order valence-corrected chi connectivity index (χ2v) is 13.9. The summed E-state index contributed by atoms with van der Waals surface area (Å²) >= 11 is 0. The molecule has 0 spiro atoms. The molecule has 1 rings (SSSR count). The maximum atomic E-state index is 12.2. The highest BCUT2D eigenvalue weighted by Crippen LogP contribution is 2.38. The summed E-state index contributed by atoms with van der Waals surface area (Å²) in [4.78, 5) is 24.2. The maximum absolute atomic E-state index is 12.2. The summed E-state index contributed by atoms with van der Waals surface area (Å²) in [5.41, 5.74) is 1.59. The number of rotatable bonds is 18. The molecular weight excluding hydrogens is 472 g/mol. The zero-order chi connectivity index (χ0) is 28.6. The Labute approximate surface area is 236 Å². The van der Waals surface area contributed by atoms with Crippen molar-refractivity contribution in [1.82, 2.24) is 0 Å². The van der Waals surface area contributed by atoms with Gasteiger partial charge in [0, 0.05) is 0 Å². The van der Waals surface area contributed by atoms with Gasteiger partial charge in [-0.25, -0.2) is 0 Å². The molecule has 1 aliphatic rings. The Morgan fingerprint density at radius 3 is 1.84 bits per heavy atom. The van der Waals surface area contributed by atoms with Crippen molar-refractivity contribution in [2.24, 2.45) is 29.1 Å². The van der Waals surface area contributed by atoms with Gasteiger partial charge >= 0.3 is 11.9 Å². The molecule has 222 valence electrons. The van der Waals surface area contributed by atoms with Gasteiger partial charge in [0.15, 0.2) is 0 Å².